The number of nitro benzene ring substituents is 1. The monoisotopic (exact) mass is 398 g/mol. The van der Waals surface area contributed by atoms with E-state index in [-0.39, 0.29) is 18.5 Å². The summed E-state index contributed by atoms with van der Waals surface area (Å²) in [5.74, 6) is -1.65. The number of hydrogen-bond donors (Lipinski definition) is 0. The third-order valence-electron chi connectivity index (χ3n) is 4.54. The standard InChI is InChI=1S/C20H18N2O7/c1-13(28-20(25)29-21-17(23)11-12-18(21)24)19(14-5-3-2-4-6-14)15-7-9-16(10-8-15)22(26)27/h2-10,13,19H,11-12H2,1H3. The molecule has 0 N–H and O–H groups in total. The Labute approximate surface area is 165 Å². The molecule has 29 heavy (non-hydrogen) atoms. The van der Waals surface area contributed by atoms with E-state index in [4.69, 9.17) is 9.57 Å². The number of amides is 2. The van der Waals surface area contributed by atoms with Crippen LogP contribution in [0.15, 0.2) is 54.6 Å². The summed E-state index contributed by atoms with van der Waals surface area (Å²) in [7, 11) is 0. The second-order valence-corrected chi connectivity index (χ2v) is 6.48. The zero-order valence-corrected chi connectivity index (χ0v) is 15.5. The molecule has 150 valence electrons. The number of hydrogen-bond acceptors (Lipinski definition) is 7. The fraction of sp³-hybridized carbons (Fsp3) is 0.250. The van der Waals surface area contributed by atoms with Crippen molar-refractivity contribution in [1.29, 1.82) is 0 Å². The van der Waals surface area contributed by atoms with Crippen LogP contribution in [0.5, 0.6) is 0 Å². The van der Waals surface area contributed by atoms with Gasteiger partial charge in [0.05, 0.1) is 4.92 Å². The molecule has 9 heteroatoms. The van der Waals surface area contributed by atoms with Gasteiger partial charge in [-0.3, -0.25) is 24.5 Å². The topological polar surface area (TPSA) is 116 Å². The van der Waals surface area contributed by atoms with Crippen LogP contribution in [0.4, 0.5) is 10.5 Å². The van der Waals surface area contributed by atoms with E-state index in [0.717, 1.165) is 5.56 Å². The number of carbonyl (C=O) groups excluding carboxylic acids is 3. The van der Waals surface area contributed by atoms with Gasteiger partial charge in [0.1, 0.15) is 6.10 Å². The van der Waals surface area contributed by atoms with Crippen molar-refractivity contribution in [1.82, 2.24) is 5.06 Å². The normalized spacial score (nSPS) is 15.7. The molecule has 1 heterocycles. The van der Waals surface area contributed by atoms with E-state index >= 15 is 0 Å². The van der Waals surface area contributed by atoms with Gasteiger partial charge in [0, 0.05) is 30.9 Å². The number of non-ortho nitro benzene ring substituents is 1. The second kappa shape index (κ2) is 8.51. The molecule has 1 aliphatic rings. The third kappa shape index (κ3) is 4.57. The summed E-state index contributed by atoms with van der Waals surface area (Å²) in [5, 5.41) is 11.3. The molecule has 1 fully saturated rings. The van der Waals surface area contributed by atoms with Gasteiger partial charge in [-0.15, -0.1) is 0 Å². The first-order valence-electron chi connectivity index (χ1n) is 8.90. The minimum atomic E-state index is -1.18. The van der Waals surface area contributed by atoms with Gasteiger partial charge in [-0.2, -0.15) is 0 Å². The molecule has 0 radical (unpaired) electrons. The van der Waals surface area contributed by atoms with Crippen LogP contribution in [0.25, 0.3) is 0 Å². The fourth-order valence-corrected chi connectivity index (χ4v) is 3.17. The van der Waals surface area contributed by atoms with Crippen molar-refractivity contribution >= 4 is 23.7 Å². The number of nitro groups is 1. The first kappa shape index (κ1) is 20.0. The predicted octanol–water partition coefficient (Wildman–Crippen LogP) is 3.33. The highest BCUT2D eigenvalue weighted by Crippen LogP contribution is 2.31. The summed E-state index contributed by atoms with van der Waals surface area (Å²) in [5.41, 5.74) is 1.45. The molecule has 2 amide bonds. The zero-order chi connectivity index (χ0) is 21.0. The van der Waals surface area contributed by atoms with Crippen LogP contribution in [0.3, 0.4) is 0 Å². The van der Waals surface area contributed by atoms with Crippen LogP contribution in [-0.2, 0) is 19.2 Å². The number of ether oxygens (including phenoxy) is 1. The quantitative estimate of drug-likeness (QED) is 0.317. The molecule has 0 aliphatic carbocycles. The molecular formula is C20H18N2O7. The lowest BCUT2D eigenvalue weighted by molar-refractivity contribution is -0.384. The maximum Gasteiger partial charge on any atom is 0.534 e. The number of hydroxylamine groups is 2. The SMILES string of the molecule is CC(OC(=O)ON1C(=O)CCC1=O)C(c1ccccc1)c1ccc([N+](=O)[O-])cc1. The molecule has 0 saturated carbocycles. The lowest BCUT2D eigenvalue weighted by Gasteiger charge is -2.25. The lowest BCUT2D eigenvalue weighted by atomic mass is 9.87. The van der Waals surface area contributed by atoms with Crippen molar-refractivity contribution in [2.24, 2.45) is 0 Å². The molecule has 0 spiro atoms. The van der Waals surface area contributed by atoms with Crippen molar-refractivity contribution in [2.75, 3.05) is 0 Å². The van der Waals surface area contributed by atoms with E-state index in [1.165, 1.54) is 12.1 Å². The van der Waals surface area contributed by atoms with E-state index in [1.807, 2.05) is 30.3 Å². The Hall–Kier alpha value is -3.75. The molecule has 2 aromatic carbocycles. The summed E-state index contributed by atoms with van der Waals surface area (Å²) in [4.78, 5) is 50.5. The highest BCUT2D eigenvalue weighted by atomic mass is 16.8. The summed E-state index contributed by atoms with van der Waals surface area (Å²) in [6.07, 6.45) is -1.96. The first-order valence-corrected chi connectivity index (χ1v) is 8.90. The molecule has 2 unspecified atom stereocenters. The largest absolute Gasteiger partial charge is 0.534 e. The molecule has 2 atom stereocenters. The van der Waals surface area contributed by atoms with E-state index in [1.54, 1.807) is 19.1 Å². The lowest BCUT2D eigenvalue weighted by Crippen LogP contribution is -2.34. The minimum Gasteiger partial charge on any atom is -0.429 e. The van der Waals surface area contributed by atoms with E-state index in [2.05, 4.69) is 0 Å². The second-order valence-electron chi connectivity index (χ2n) is 6.48. The fourth-order valence-electron chi connectivity index (χ4n) is 3.17. The van der Waals surface area contributed by atoms with Gasteiger partial charge >= 0.3 is 6.16 Å². The van der Waals surface area contributed by atoms with Crippen molar-refractivity contribution in [3.05, 3.63) is 75.8 Å². The summed E-state index contributed by atoms with van der Waals surface area (Å²) < 4.78 is 5.32. The molecular weight excluding hydrogens is 380 g/mol. The van der Waals surface area contributed by atoms with Gasteiger partial charge in [-0.1, -0.05) is 47.5 Å². The number of imide groups is 1. The molecule has 9 nitrogen and oxygen atoms in total. The number of rotatable bonds is 6. The minimum absolute atomic E-state index is 0.0168. The molecule has 1 aliphatic heterocycles. The van der Waals surface area contributed by atoms with E-state index in [9.17, 15) is 24.5 Å². The van der Waals surface area contributed by atoms with Gasteiger partial charge in [-0.25, -0.2) is 4.79 Å². The Bertz CT molecular complexity index is 912. The Morgan fingerprint density at radius 3 is 2.10 bits per heavy atom. The molecule has 0 bridgehead atoms. The highest BCUT2D eigenvalue weighted by molar-refractivity contribution is 6.01. The Morgan fingerprint density at radius 2 is 1.55 bits per heavy atom. The van der Waals surface area contributed by atoms with Crippen molar-refractivity contribution < 1.29 is 28.9 Å². The maximum atomic E-state index is 12.1. The van der Waals surface area contributed by atoms with Crippen molar-refractivity contribution in [3.8, 4) is 0 Å². The Kier molecular flexibility index (Phi) is 5.87. The van der Waals surface area contributed by atoms with Crippen LogP contribution in [0.1, 0.15) is 36.8 Å². The molecule has 2 aromatic rings. The van der Waals surface area contributed by atoms with Crippen LogP contribution in [0, 0.1) is 10.1 Å². The maximum absolute atomic E-state index is 12.1. The van der Waals surface area contributed by atoms with Crippen molar-refractivity contribution in [3.63, 3.8) is 0 Å². The van der Waals surface area contributed by atoms with Gasteiger partial charge in [-0.05, 0) is 18.1 Å². The average Bonchev–Trinajstić information content (AvgIpc) is 3.01. The highest BCUT2D eigenvalue weighted by Gasteiger charge is 2.34. The predicted molar refractivity (Wildman–Crippen MR) is 99.5 cm³/mol. The van der Waals surface area contributed by atoms with Gasteiger partial charge in [0.15, 0.2) is 0 Å². The van der Waals surface area contributed by atoms with Gasteiger partial charge in [0.2, 0.25) is 0 Å². The summed E-state index contributed by atoms with van der Waals surface area (Å²) >= 11 is 0. The Morgan fingerprint density at radius 1 is 1.00 bits per heavy atom. The summed E-state index contributed by atoms with van der Waals surface area (Å²) in [6.45, 7) is 1.63. The smallest absolute Gasteiger partial charge is 0.429 e. The summed E-state index contributed by atoms with van der Waals surface area (Å²) in [6, 6.07) is 15.1. The van der Waals surface area contributed by atoms with E-state index < -0.39 is 34.9 Å². The first-order chi connectivity index (χ1) is 13.9. The number of nitrogens with zero attached hydrogens (tertiary/aromatic N) is 2. The van der Waals surface area contributed by atoms with Crippen LogP contribution < -0.4 is 0 Å². The van der Waals surface area contributed by atoms with Crippen LogP contribution in [0.2, 0.25) is 0 Å². The average molecular weight is 398 g/mol. The van der Waals surface area contributed by atoms with Crippen molar-refractivity contribution in [2.45, 2.75) is 31.8 Å². The van der Waals surface area contributed by atoms with E-state index in [0.29, 0.717) is 10.6 Å². The molecule has 3 rings (SSSR count). The Balaban J connectivity index is 1.80. The number of carbonyl (C=O) groups is 3. The van der Waals surface area contributed by atoms with Crippen LogP contribution in [-0.4, -0.2) is 34.1 Å². The zero-order valence-electron chi connectivity index (χ0n) is 15.5. The van der Waals surface area contributed by atoms with Gasteiger partial charge < -0.3 is 4.74 Å². The number of benzene rings is 2. The van der Waals surface area contributed by atoms with Gasteiger partial charge in [0.25, 0.3) is 17.5 Å². The third-order valence-corrected chi connectivity index (χ3v) is 4.54. The molecule has 1 saturated heterocycles. The van der Waals surface area contributed by atoms with Crippen LogP contribution >= 0.6 is 0 Å². The molecule has 0 aromatic heterocycles.